The van der Waals surface area contributed by atoms with Crippen molar-refractivity contribution in [1.29, 1.82) is 5.26 Å². The number of para-hydroxylation sites is 1. The van der Waals surface area contributed by atoms with Gasteiger partial charge in [-0.2, -0.15) is 18.4 Å². The molecule has 7 aromatic carbocycles. The summed E-state index contributed by atoms with van der Waals surface area (Å²) in [5, 5.41) is 11.8. The Morgan fingerprint density at radius 2 is 1.02 bits per heavy atom. The van der Waals surface area contributed by atoms with Crippen LogP contribution in [0.25, 0.3) is 83.9 Å². The lowest BCUT2D eigenvalue weighted by molar-refractivity contribution is -0.137. The second-order valence-corrected chi connectivity index (χ2v) is 13.1. The third kappa shape index (κ3) is 6.18. The summed E-state index contributed by atoms with van der Waals surface area (Å²) in [7, 11) is 0. The zero-order chi connectivity index (χ0) is 37.5. The molecule has 2 aromatic heterocycles. The minimum atomic E-state index is -4.52. The highest BCUT2D eigenvalue weighted by molar-refractivity contribution is 6.11. The van der Waals surface area contributed by atoms with Crippen LogP contribution >= 0.6 is 0 Å². The molecular weight excluding hydrogens is 692 g/mol. The number of hydrogen-bond acceptors (Lipinski definition) is 4. The molecule has 8 heteroatoms. The monoisotopic (exact) mass is 719 g/mol. The molecule has 0 saturated carbocycles. The maximum atomic E-state index is 14.1. The predicted octanol–water partition coefficient (Wildman–Crippen LogP) is 12.2. The third-order valence-corrected chi connectivity index (χ3v) is 9.73. The van der Waals surface area contributed by atoms with E-state index in [1.807, 2.05) is 133 Å². The molecule has 0 unspecified atom stereocenters. The molecule has 9 aromatic rings. The number of fused-ring (bicyclic) bond motifs is 3. The maximum absolute atomic E-state index is 14.1. The summed E-state index contributed by atoms with van der Waals surface area (Å²) in [5.41, 5.74) is 7.18. The van der Waals surface area contributed by atoms with E-state index in [-0.39, 0.29) is 0 Å². The second-order valence-electron chi connectivity index (χ2n) is 13.1. The molecule has 9 rings (SSSR count). The quantitative estimate of drug-likeness (QED) is 0.172. The fourth-order valence-electron chi connectivity index (χ4n) is 7.13. The second kappa shape index (κ2) is 13.6. The first kappa shape index (κ1) is 33.5. The zero-order valence-corrected chi connectivity index (χ0v) is 29.0. The van der Waals surface area contributed by atoms with Gasteiger partial charge in [-0.05, 0) is 59.2 Å². The first-order chi connectivity index (χ1) is 26.9. The molecule has 55 heavy (non-hydrogen) atoms. The number of aromatic nitrogens is 4. The van der Waals surface area contributed by atoms with E-state index in [2.05, 4.69) is 16.7 Å². The molecule has 0 aliphatic carbocycles. The fraction of sp³-hybridized carbons (Fsp3) is 0.0213. The van der Waals surface area contributed by atoms with Gasteiger partial charge in [0.2, 0.25) is 0 Å². The van der Waals surface area contributed by atoms with E-state index in [1.165, 1.54) is 12.1 Å². The molecule has 262 valence electrons. The summed E-state index contributed by atoms with van der Waals surface area (Å²) in [5.74, 6) is 1.41. The number of nitriles is 1. The van der Waals surface area contributed by atoms with Crippen LogP contribution in [0.15, 0.2) is 170 Å². The molecule has 0 aliphatic rings. The number of nitrogens with zero attached hydrogens (tertiary/aromatic N) is 5. The van der Waals surface area contributed by atoms with Crippen LogP contribution in [0.2, 0.25) is 0 Å². The summed E-state index contributed by atoms with van der Waals surface area (Å²) in [6.45, 7) is 0. The lowest BCUT2D eigenvalue weighted by atomic mass is 9.98. The van der Waals surface area contributed by atoms with Crippen LogP contribution in [0.5, 0.6) is 0 Å². The average molecular weight is 720 g/mol. The lowest BCUT2D eigenvalue weighted by Crippen LogP contribution is -2.05. The highest BCUT2D eigenvalue weighted by atomic mass is 19.4. The van der Waals surface area contributed by atoms with Crippen LogP contribution in [0, 0.1) is 11.3 Å². The minimum absolute atomic E-state index is 0.410. The van der Waals surface area contributed by atoms with Crippen LogP contribution < -0.4 is 0 Å². The van der Waals surface area contributed by atoms with Crippen molar-refractivity contribution >= 4 is 21.8 Å². The van der Waals surface area contributed by atoms with Gasteiger partial charge in [0.05, 0.1) is 33.9 Å². The molecule has 0 aliphatic heterocycles. The third-order valence-electron chi connectivity index (χ3n) is 9.73. The largest absolute Gasteiger partial charge is 0.416 e. The van der Waals surface area contributed by atoms with E-state index in [4.69, 9.17) is 15.0 Å². The zero-order valence-electron chi connectivity index (χ0n) is 29.0. The standard InChI is InChI=1S/C47H28F3N5/c48-47(49,50)36-18-11-17-32(26-36)38-24-22-34(46-53-44(30-12-3-1-4-13-30)52-45(54-46)31-14-5-2-6-15-31)28-43(38)55-41-21-10-9-20-39(41)40-27-33(23-25-42(40)55)37-19-8-7-16-35(37)29-51/h1-28H. The summed E-state index contributed by atoms with van der Waals surface area (Å²) in [6.07, 6.45) is -4.52. The van der Waals surface area contributed by atoms with E-state index < -0.39 is 11.7 Å². The molecule has 0 spiro atoms. The summed E-state index contributed by atoms with van der Waals surface area (Å²) >= 11 is 0. The molecule has 0 radical (unpaired) electrons. The summed E-state index contributed by atoms with van der Waals surface area (Å²) in [4.78, 5) is 14.7. The van der Waals surface area contributed by atoms with Crippen molar-refractivity contribution < 1.29 is 13.2 Å². The van der Waals surface area contributed by atoms with Gasteiger partial charge in [0.25, 0.3) is 0 Å². The number of hydrogen-bond donors (Lipinski definition) is 0. The Bertz CT molecular complexity index is 2870. The molecule has 2 heterocycles. The van der Waals surface area contributed by atoms with Crippen LogP contribution in [0.1, 0.15) is 11.1 Å². The van der Waals surface area contributed by atoms with Crippen molar-refractivity contribution in [1.82, 2.24) is 19.5 Å². The summed E-state index contributed by atoms with van der Waals surface area (Å²) < 4.78 is 44.4. The van der Waals surface area contributed by atoms with Crippen molar-refractivity contribution in [3.63, 3.8) is 0 Å². The van der Waals surface area contributed by atoms with Gasteiger partial charge in [-0.3, -0.25) is 0 Å². The SMILES string of the molecule is N#Cc1ccccc1-c1ccc2c(c1)c1ccccc1n2-c1cc(-c2nc(-c3ccccc3)nc(-c3ccccc3)n2)ccc1-c1cccc(C(F)(F)F)c1. The normalized spacial score (nSPS) is 11.5. The summed E-state index contributed by atoms with van der Waals surface area (Å²) in [6, 6.07) is 54.1. The lowest BCUT2D eigenvalue weighted by Gasteiger charge is -2.17. The fourth-order valence-corrected chi connectivity index (χ4v) is 7.13. The van der Waals surface area contributed by atoms with Gasteiger partial charge in [0, 0.05) is 33.0 Å². The first-order valence-corrected chi connectivity index (χ1v) is 17.6. The first-order valence-electron chi connectivity index (χ1n) is 17.6. The van der Waals surface area contributed by atoms with Gasteiger partial charge >= 0.3 is 6.18 Å². The van der Waals surface area contributed by atoms with Gasteiger partial charge in [-0.25, -0.2) is 15.0 Å². The van der Waals surface area contributed by atoms with Gasteiger partial charge in [-0.1, -0.05) is 127 Å². The number of benzene rings is 7. The van der Waals surface area contributed by atoms with Crippen molar-refractivity contribution in [3.05, 3.63) is 181 Å². The maximum Gasteiger partial charge on any atom is 0.416 e. The minimum Gasteiger partial charge on any atom is -0.309 e. The topological polar surface area (TPSA) is 67.4 Å². The molecule has 0 bridgehead atoms. The molecule has 5 nitrogen and oxygen atoms in total. The molecule has 0 saturated heterocycles. The highest BCUT2D eigenvalue weighted by Crippen LogP contribution is 2.41. The van der Waals surface area contributed by atoms with Crippen LogP contribution in [-0.2, 0) is 6.18 Å². The van der Waals surface area contributed by atoms with Crippen molar-refractivity contribution in [3.8, 4) is 68.2 Å². The van der Waals surface area contributed by atoms with Crippen molar-refractivity contribution in [2.75, 3.05) is 0 Å². The van der Waals surface area contributed by atoms with Crippen molar-refractivity contribution in [2.45, 2.75) is 6.18 Å². The Kier molecular flexibility index (Phi) is 8.25. The van der Waals surface area contributed by atoms with E-state index in [0.717, 1.165) is 50.1 Å². The van der Waals surface area contributed by atoms with E-state index in [1.54, 1.807) is 12.1 Å². The van der Waals surface area contributed by atoms with Gasteiger partial charge in [-0.15, -0.1) is 0 Å². The molecule has 0 amide bonds. The smallest absolute Gasteiger partial charge is 0.309 e. The Morgan fingerprint density at radius 3 is 1.71 bits per heavy atom. The van der Waals surface area contributed by atoms with E-state index in [9.17, 15) is 18.4 Å². The molecule has 0 fully saturated rings. The molecule has 0 N–H and O–H groups in total. The molecular formula is C47H28F3N5. The Morgan fingerprint density at radius 1 is 0.455 bits per heavy atom. The number of rotatable bonds is 6. The number of alkyl halides is 3. The average Bonchev–Trinajstić information content (AvgIpc) is 3.57. The Balaban J connectivity index is 1.32. The number of halogens is 3. The van der Waals surface area contributed by atoms with Crippen LogP contribution in [0.3, 0.4) is 0 Å². The predicted molar refractivity (Wildman–Crippen MR) is 211 cm³/mol. The van der Waals surface area contributed by atoms with Gasteiger partial charge in [0.15, 0.2) is 17.5 Å². The van der Waals surface area contributed by atoms with Gasteiger partial charge in [0.1, 0.15) is 0 Å². The van der Waals surface area contributed by atoms with Gasteiger partial charge < -0.3 is 4.57 Å². The highest BCUT2D eigenvalue weighted by Gasteiger charge is 2.31. The van der Waals surface area contributed by atoms with Crippen LogP contribution in [-0.4, -0.2) is 19.5 Å². The van der Waals surface area contributed by atoms with Crippen LogP contribution in [0.4, 0.5) is 13.2 Å². The molecule has 0 atom stereocenters. The van der Waals surface area contributed by atoms with Crippen molar-refractivity contribution in [2.24, 2.45) is 0 Å². The van der Waals surface area contributed by atoms with E-state index in [0.29, 0.717) is 45.4 Å². The Labute approximate surface area is 314 Å². The van der Waals surface area contributed by atoms with E-state index >= 15 is 0 Å². The Hall–Kier alpha value is -7.37.